The highest BCUT2D eigenvalue weighted by molar-refractivity contribution is 7.92. The molecule has 30 nitrogen and oxygen atoms in total. The Morgan fingerprint density at radius 1 is 0.378 bits per heavy atom. The molecule has 0 saturated heterocycles. The zero-order chi connectivity index (χ0) is 107. The number of hydrogen-bond donors (Lipinski definition) is 5. The molecule has 5 heterocycles. The SMILES string of the molecule is C=CC(C)OC(=O)Nc1cccc(-c2c(C#N)c3ccc(OC(C)C)cc3n2CC)c1.C=CCOC(=O)Nc1cccc(-c2c(C#N)c3ccc(OC(C)C)cc3n2CC)c1.CCCCOC(=O)Nc1cccc(-c2c(C#N)c3ccc(OC(C)C)cc3n2CC)c1.CCCn1c(-c2cccc(NS(C)(=O)=O)c2)c(C#N)c2ccc(OC)cc21.CCn1c(-c2cccc(NC(=O)OCCl)c2)c(C#N)c2ccc(OC(C)C)cc21. The Labute approximate surface area is 868 Å². The van der Waals surface area contributed by atoms with E-state index in [0.717, 1.165) is 172 Å². The van der Waals surface area contributed by atoms with E-state index in [1.54, 1.807) is 56.5 Å². The van der Waals surface area contributed by atoms with E-state index in [1.807, 2.05) is 266 Å². The maximum absolute atomic E-state index is 12.1. The van der Waals surface area contributed by atoms with Crippen LogP contribution >= 0.6 is 11.6 Å². The van der Waals surface area contributed by atoms with Gasteiger partial charge in [-0.1, -0.05) is 118 Å². The molecule has 10 aromatic carbocycles. The lowest BCUT2D eigenvalue weighted by molar-refractivity contribution is 0.142. The van der Waals surface area contributed by atoms with Gasteiger partial charge in [-0.15, -0.1) is 0 Å². The van der Waals surface area contributed by atoms with Gasteiger partial charge in [0.25, 0.3) is 0 Å². The first-order valence-electron chi connectivity index (χ1n) is 48.8. The van der Waals surface area contributed by atoms with Crippen molar-refractivity contribution < 1.29 is 70.2 Å². The van der Waals surface area contributed by atoms with Crippen LogP contribution in [0.1, 0.15) is 151 Å². The van der Waals surface area contributed by atoms with Crippen LogP contribution in [0.5, 0.6) is 28.7 Å². The number of aryl methyl sites for hydroxylation is 5. The van der Waals surface area contributed by atoms with Crippen LogP contribution in [0.15, 0.2) is 238 Å². The van der Waals surface area contributed by atoms with Gasteiger partial charge in [0.2, 0.25) is 10.0 Å². The number of nitrogens with zero attached hydrogens (tertiary/aromatic N) is 10. The van der Waals surface area contributed by atoms with Gasteiger partial charge in [-0.05, 0) is 224 Å². The molecule has 32 heteroatoms. The lowest BCUT2D eigenvalue weighted by Gasteiger charge is -2.13. The molecule has 0 aliphatic heterocycles. The van der Waals surface area contributed by atoms with Crippen LogP contribution in [0.3, 0.4) is 0 Å². The van der Waals surface area contributed by atoms with Gasteiger partial charge in [0, 0.05) is 146 Å². The number of fused-ring (bicyclic) bond motifs is 5. The van der Waals surface area contributed by atoms with Gasteiger partial charge in [-0.3, -0.25) is 26.0 Å². The van der Waals surface area contributed by atoms with Crippen LogP contribution in [0.2, 0.25) is 0 Å². The first-order chi connectivity index (χ1) is 71.2. The molecule has 0 aliphatic carbocycles. The molecule has 5 aromatic heterocycles. The Bertz CT molecular complexity index is 7700. The highest BCUT2D eigenvalue weighted by atomic mass is 35.5. The molecule has 0 fully saturated rings. The van der Waals surface area contributed by atoms with Crippen molar-refractivity contribution in [3.63, 3.8) is 0 Å². The number of sulfonamides is 1. The number of ether oxygens (including phenoxy) is 9. The summed E-state index contributed by atoms with van der Waals surface area (Å²) in [5, 5.41) is 64.7. The fourth-order valence-electron chi connectivity index (χ4n) is 17.2. The van der Waals surface area contributed by atoms with Crippen molar-refractivity contribution in [3.05, 3.63) is 265 Å². The number of nitriles is 5. The Hall–Kier alpha value is -17.1. The van der Waals surface area contributed by atoms with Crippen LogP contribution in [0.25, 0.3) is 111 Å². The topological polar surface area (TPSA) is 389 Å². The molecule has 0 aliphatic rings. The molecule has 0 spiro atoms. The molecule has 0 bridgehead atoms. The second-order valence-corrected chi connectivity index (χ2v) is 37.1. The van der Waals surface area contributed by atoms with Crippen LogP contribution in [-0.4, -0.2) is 119 Å². The summed E-state index contributed by atoms with van der Waals surface area (Å²) in [6.45, 7) is 41.0. The zero-order valence-corrected chi connectivity index (χ0v) is 87.9. The molecule has 766 valence electrons. The number of carbonyl (C=O) groups is 4. The minimum atomic E-state index is -3.38. The van der Waals surface area contributed by atoms with Crippen molar-refractivity contribution >= 4 is 129 Å². The van der Waals surface area contributed by atoms with E-state index in [-0.39, 0.29) is 37.1 Å². The van der Waals surface area contributed by atoms with Gasteiger partial charge >= 0.3 is 24.4 Å². The number of hydrogen-bond acceptors (Lipinski definition) is 20. The fraction of sp³-hybridized carbons (Fsp3) is 0.284. The number of carbonyl (C=O) groups excluding carboxylic acids is 4. The molecular weight excluding hydrogens is 1910 g/mol. The molecule has 0 saturated carbocycles. The highest BCUT2D eigenvalue weighted by Gasteiger charge is 2.28. The molecule has 15 aromatic rings. The predicted molar refractivity (Wildman–Crippen MR) is 587 cm³/mol. The van der Waals surface area contributed by atoms with E-state index in [2.05, 4.69) is 99.3 Å². The number of methoxy groups -OCH3 is 1. The Morgan fingerprint density at radius 2 is 0.662 bits per heavy atom. The highest BCUT2D eigenvalue weighted by Crippen LogP contribution is 2.44. The second-order valence-electron chi connectivity index (χ2n) is 35.1. The van der Waals surface area contributed by atoms with E-state index < -0.39 is 40.5 Å². The number of halogens is 1. The summed E-state index contributed by atoms with van der Waals surface area (Å²) in [6.07, 6.45) is 4.48. The molecule has 15 rings (SSSR count). The number of anilines is 5. The average molecular weight is 2040 g/mol. The van der Waals surface area contributed by atoms with Gasteiger partial charge in [0.1, 0.15) is 71.8 Å². The zero-order valence-electron chi connectivity index (χ0n) is 86.3. The minimum Gasteiger partial charge on any atom is -0.497 e. The second kappa shape index (κ2) is 52.5. The van der Waals surface area contributed by atoms with Crippen molar-refractivity contribution in [2.75, 3.05) is 58.6 Å². The van der Waals surface area contributed by atoms with Gasteiger partial charge in [-0.25, -0.2) is 27.6 Å². The molecule has 4 amide bonds. The van der Waals surface area contributed by atoms with Crippen LogP contribution in [0, 0.1) is 56.7 Å². The van der Waals surface area contributed by atoms with Crippen molar-refractivity contribution in [3.8, 4) is 115 Å². The standard InChI is InChI=1S/C25H27N3O3.C25H29N3O3.C24H25N3O3.C22H22ClN3O3.C20H21N3O3S/c1-6-17(5)31-25(29)27-19-10-8-9-18(13-19)24-22(15-26)21-12-11-20(30-16(3)4)14-23(21)28(24)7-2;1-5-7-13-30-25(29)27-19-10-8-9-18(14-19)24-22(16-26)21-12-11-20(31-17(3)4)15-23(21)28(24)6-2;1-5-12-29-24(28)26-18-9-7-8-17(13-18)23-21(15-25)20-11-10-19(30-16(3)4)14-22(20)27(23)6-2;1-4-26-20-11-17(29-14(2)3)8-9-18(20)19(12-24)21(26)15-6-5-7-16(10-15)25-22(27)28-13-23;1-4-10-23-19-12-16(26-2)8-9-17(19)18(13-21)20(23)14-6-5-7-15(11-14)22-27(3,24)25/h6,8-14,16-17H,1,7H2,2-5H3,(H,27,29);8-12,14-15,17H,5-7,13H2,1-4H3,(H,27,29);5,7-11,13-14,16H,1,6,12H2,2-4H3,(H,26,28);5-11,14H,4,13H2,1-3H3,(H,25,27);5-9,11-12,22H,4,10H2,1-3H3. The third-order valence-electron chi connectivity index (χ3n) is 23.0. The van der Waals surface area contributed by atoms with E-state index in [0.29, 0.717) is 89.0 Å². The largest absolute Gasteiger partial charge is 0.497 e. The maximum Gasteiger partial charge on any atom is 0.412 e. The summed E-state index contributed by atoms with van der Waals surface area (Å²) in [6, 6.07) is 77.0. The minimum absolute atomic E-state index is 0.0582. The van der Waals surface area contributed by atoms with Gasteiger partial charge in [0.05, 0.1) is 128 Å². The summed E-state index contributed by atoms with van der Waals surface area (Å²) in [5.41, 5.74) is 18.5. The lowest BCUT2D eigenvalue weighted by Crippen LogP contribution is -2.18. The molecule has 1 atom stereocenters. The summed E-state index contributed by atoms with van der Waals surface area (Å²) >= 11 is 5.43. The molecular formula is C116H124ClN15O15S. The lowest BCUT2D eigenvalue weighted by atomic mass is 10.1. The third kappa shape index (κ3) is 27.7. The van der Waals surface area contributed by atoms with Gasteiger partial charge in [-0.2, -0.15) is 26.3 Å². The Kier molecular flexibility index (Phi) is 39.5. The smallest absolute Gasteiger partial charge is 0.412 e. The van der Waals surface area contributed by atoms with E-state index in [4.69, 9.17) is 54.2 Å². The van der Waals surface area contributed by atoms with Gasteiger partial charge < -0.3 is 65.5 Å². The number of unbranched alkanes of at least 4 members (excludes halogenated alkanes) is 1. The van der Waals surface area contributed by atoms with Crippen molar-refractivity contribution in [2.24, 2.45) is 0 Å². The number of alkyl halides is 1. The molecule has 0 radical (unpaired) electrons. The normalized spacial score (nSPS) is 11.1. The van der Waals surface area contributed by atoms with E-state index >= 15 is 0 Å². The number of nitrogens with one attached hydrogen (secondary N) is 5. The summed E-state index contributed by atoms with van der Waals surface area (Å²) in [4.78, 5) is 47.7. The van der Waals surface area contributed by atoms with Crippen LogP contribution in [0.4, 0.5) is 47.6 Å². The maximum atomic E-state index is 12.1. The first-order valence-corrected chi connectivity index (χ1v) is 51.2. The van der Waals surface area contributed by atoms with Crippen LogP contribution < -0.4 is 49.7 Å². The quantitative estimate of drug-likeness (QED) is 0.0108. The van der Waals surface area contributed by atoms with Crippen molar-refractivity contribution in [1.82, 2.24) is 22.8 Å². The molecule has 148 heavy (non-hydrogen) atoms. The Morgan fingerprint density at radius 3 is 0.939 bits per heavy atom. The monoisotopic (exact) mass is 2030 g/mol. The summed E-state index contributed by atoms with van der Waals surface area (Å²) in [7, 11) is -1.77. The number of rotatable bonds is 34. The van der Waals surface area contributed by atoms with Crippen molar-refractivity contribution in [1.29, 1.82) is 26.3 Å². The van der Waals surface area contributed by atoms with Gasteiger partial charge in [0.15, 0.2) is 6.07 Å². The summed E-state index contributed by atoms with van der Waals surface area (Å²) in [5.74, 6) is 3.79. The number of benzene rings is 10. The first kappa shape index (κ1) is 111. The molecule has 5 N–H and O–H groups in total. The predicted octanol–water partition coefficient (Wildman–Crippen LogP) is 27.9. The third-order valence-corrected chi connectivity index (χ3v) is 23.7. The number of aromatic nitrogens is 5. The van der Waals surface area contributed by atoms with E-state index in [1.165, 1.54) is 6.08 Å². The van der Waals surface area contributed by atoms with E-state index in [9.17, 15) is 53.9 Å². The van der Waals surface area contributed by atoms with Crippen molar-refractivity contribution in [2.45, 2.75) is 186 Å². The average Bonchev–Trinajstić information content (AvgIpc) is 1.63. The number of amides is 4. The van der Waals surface area contributed by atoms with Crippen LogP contribution in [-0.2, 0) is 61.7 Å². The Balaban J connectivity index is 0.000000176. The summed E-state index contributed by atoms with van der Waals surface area (Å²) < 4.78 is 84.9. The fourth-order valence-corrected chi connectivity index (χ4v) is 17.9. The molecule has 1 unspecified atom stereocenters.